The predicted octanol–water partition coefficient (Wildman–Crippen LogP) is 4.20. The average Bonchev–Trinajstić information content (AvgIpc) is 3.05. The molecule has 8 heteroatoms. The second-order valence-electron chi connectivity index (χ2n) is 11.2. The van der Waals surface area contributed by atoms with E-state index in [0.717, 1.165) is 60.1 Å². The van der Waals surface area contributed by atoms with Gasteiger partial charge in [-0.1, -0.05) is 86.0 Å². The third-order valence-electron chi connectivity index (χ3n) is 7.92. The number of nitrogens with one attached hydrogen (secondary N) is 3. The first kappa shape index (κ1) is 31.8. The van der Waals surface area contributed by atoms with Crippen molar-refractivity contribution in [1.82, 2.24) is 16.0 Å². The van der Waals surface area contributed by atoms with E-state index in [1.807, 2.05) is 85.8 Å². The van der Waals surface area contributed by atoms with E-state index in [9.17, 15) is 14.4 Å². The van der Waals surface area contributed by atoms with E-state index >= 15 is 0 Å². The van der Waals surface area contributed by atoms with Crippen LogP contribution < -0.4 is 26.4 Å². The van der Waals surface area contributed by atoms with Gasteiger partial charge in [0, 0.05) is 31.8 Å². The minimum absolute atomic E-state index is 0.0987. The molecular formula is C35H44N4O4. The van der Waals surface area contributed by atoms with Gasteiger partial charge in [-0.25, -0.2) is 0 Å². The quantitative estimate of drug-likeness (QED) is 0.226. The lowest BCUT2D eigenvalue weighted by atomic mass is 9.88. The van der Waals surface area contributed by atoms with E-state index in [1.165, 1.54) is 0 Å². The van der Waals surface area contributed by atoms with Crippen molar-refractivity contribution in [2.24, 2.45) is 11.7 Å². The smallest absolute Gasteiger partial charge is 0.243 e. The summed E-state index contributed by atoms with van der Waals surface area (Å²) in [6, 6.07) is 23.2. The monoisotopic (exact) mass is 584 g/mol. The topological polar surface area (TPSA) is 123 Å². The number of carbonyl (C=O) groups excluding carboxylic acids is 3. The molecule has 4 rings (SSSR count). The van der Waals surface area contributed by atoms with Crippen molar-refractivity contribution in [2.75, 3.05) is 6.61 Å². The Morgan fingerprint density at radius 1 is 0.744 bits per heavy atom. The van der Waals surface area contributed by atoms with Crippen LogP contribution in [0.15, 0.2) is 78.9 Å². The van der Waals surface area contributed by atoms with Crippen molar-refractivity contribution in [3.8, 4) is 5.75 Å². The Balaban J connectivity index is 1.50. The molecule has 228 valence electrons. The molecule has 8 nitrogen and oxygen atoms in total. The first-order valence-electron chi connectivity index (χ1n) is 15.4. The summed E-state index contributed by atoms with van der Waals surface area (Å²) in [4.78, 5) is 40.6. The van der Waals surface area contributed by atoms with Gasteiger partial charge in [-0.15, -0.1) is 0 Å². The molecule has 1 saturated carbocycles. The third-order valence-corrected chi connectivity index (χ3v) is 7.92. The molecule has 0 aromatic heterocycles. The number of amides is 3. The summed E-state index contributed by atoms with van der Waals surface area (Å²) in [5.74, 6) is -0.134. The van der Waals surface area contributed by atoms with E-state index in [-0.39, 0.29) is 23.6 Å². The fourth-order valence-corrected chi connectivity index (χ4v) is 5.42. The van der Waals surface area contributed by atoms with Gasteiger partial charge in [0.15, 0.2) is 0 Å². The highest BCUT2D eigenvalue weighted by atomic mass is 16.5. The molecule has 0 radical (unpaired) electrons. The van der Waals surface area contributed by atoms with Gasteiger partial charge in [-0.2, -0.15) is 0 Å². The number of hydrogen-bond donors (Lipinski definition) is 4. The summed E-state index contributed by atoms with van der Waals surface area (Å²) in [6.45, 7) is 3.26. The van der Waals surface area contributed by atoms with E-state index in [0.29, 0.717) is 32.5 Å². The molecule has 43 heavy (non-hydrogen) atoms. The van der Waals surface area contributed by atoms with Crippen molar-refractivity contribution < 1.29 is 19.1 Å². The maximum Gasteiger partial charge on any atom is 0.243 e. The zero-order chi connectivity index (χ0) is 30.4. The molecule has 0 bridgehead atoms. The molecular weight excluding hydrogens is 540 g/mol. The number of benzene rings is 3. The van der Waals surface area contributed by atoms with Gasteiger partial charge in [-0.05, 0) is 54.2 Å². The van der Waals surface area contributed by atoms with Gasteiger partial charge in [0.05, 0.1) is 6.61 Å². The van der Waals surface area contributed by atoms with Gasteiger partial charge >= 0.3 is 0 Å². The van der Waals surface area contributed by atoms with Crippen molar-refractivity contribution in [3.63, 3.8) is 0 Å². The number of nitrogens with two attached hydrogens (primary N) is 1. The molecule has 0 aliphatic heterocycles. The highest BCUT2D eigenvalue weighted by Gasteiger charge is 2.30. The molecule has 3 aromatic carbocycles. The van der Waals surface area contributed by atoms with Crippen LogP contribution in [0.3, 0.4) is 0 Å². The Morgan fingerprint density at radius 2 is 1.33 bits per heavy atom. The fourth-order valence-electron chi connectivity index (χ4n) is 5.42. The Bertz CT molecular complexity index is 1310. The summed E-state index contributed by atoms with van der Waals surface area (Å²) in [5, 5.41) is 8.98. The van der Waals surface area contributed by atoms with Crippen LogP contribution >= 0.6 is 0 Å². The predicted molar refractivity (Wildman–Crippen MR) is 168 cm³/mol. The Morgan fingerprint density at radius 3 is 1.95 bits per heavy atom. The lowest BCUT2D eigenvalue weighted by molar-refractivity contribution is -0.133. The number of rotatable bonds is 14. The largest absolute Gasteiger partial charge is 0.494 e. The van der Waals surface area contributed by atoms with Crippen LogP contribution in [0.4, 0.5) is 0 Å². The van der Waals surface area contributed by atoms with Gasteiger partial charge in [0.25, 0.3) is 0 Å². The lowest BCUT2D eigenvalue weighted by Crippen LogP contribution is -2.55. The summed E-state index contributed by atoms with van der Waals surface area (Å²) in [7, 11) is 0. The third kappa shape index (κ3) is 9.96. The highest BCUT2D eigenvalue weighted by molar-refractivity contribution is 5.92. The zero-order valence-corrected chi connectivity index (χ0v) is 25.0. The fraction of sp³-hybridized carbons (Fsp3) is 0.400. The van der Waals surface area contributed by atoms with Gasteiger partial charge in [0.1, 0.15) is 17.8 Å². The minimum atomic E-state index is -0.831. The van der Waals surface area contributed by atoms with Crippen LogP contribution in [-0.2, 0) is 40.3 Å². The standard InChI is InChI=1S/C35H44N4O4/c1-2-43-30-19-17-26(18-20-30)22-32(38-33(40)29-11-7-4-8-12-29)35(42)39-31(21-25-9-5-3-6-10-25)34(41)37-24-28-15-13-27(23-36)14-16-28/h3,5-6,9-10,13-20,29,31-32H,2,4,7-8,11-12,21-24,36H2,1H3,(H,37,41)(H,38,40)(H,39,42)/t31-,32+/m0/s1. The molecule has 2 atom stereocenters. The SMILES string of the molecule is CCOc1ccc(C[C@@H](NC(=O)C2CCCCC2)C(=O)N[C@@H](Cc2ccccc2)C(=O)NCc2ccc(CN)cc2)cc1. The minimum Gasteiger partial charge on any atom is -0.494 e. The van der Waals surface area contributed by atoms with Crippen molar-refractivity contribution in [2.45, 2.75) is 77.0 Å². The first-order chi connectivity index (χ1) is 20.9. The van der Waals surface area contributed by atoms with E-state index in [4.69, 9.17) is 10.5 Å². The van der Waals surface area contributed by atoms with Gasteiger partial charge < -0.3 is 26.4 Å². The summed E-state index contributed by atoms with van der Waals surface area (Å²) < 4.78 is 5.56. The summed E-state index contributed by atoms with van der Waals surface area (Å²) >= 11 is 0. The van der Waals surface area contributed by atoms with Gasteiger partial charge in [0.2, 0.25) is 17.7 Å². The van der Waals surface area contributed by atoms with Crippen molar-refractivity contribution in [1.29, 1.82) is 0 Å². The molecule has 0 heterocycles. The van der Waals surface area contributed by atoms with E-state index in [1.54, 1.807) is 0 Å². The average molecular weight is 585 g/mol. The number of ether oxygens (including phenoxy) is 1. The molecule has 1 aliphatic carbocycles. The van der Waals surface area contributed by atoms with Crippen LogP contribution in [0.25, 0.3) is 0 Å². The number of carbonyl (C=O) groups is 3. The molecule has 3 aromatic rings. The molecule has 0 spiro atoms. The van der Waals surface area contributed by atoms with Crippen molar-refractivity contribution >= 4 is 17.7 Å². The molecule has 1 aliphatic rings. The molecule has 0 unspecified atom stereocenters. The molecule has 1 fully saturated rings. The molecule has 0 saturated heterocycles. The number of hydrogen-bond acceptors (Lipinski definition) is 5. The first-order valence-corrected chi connectivity index (χ1v) is 15.4. The Labute approximate surface area is 254 Å². The second-order valence-corrected chi connectivity index (χ2v) is 11.2. The summed E-state index contributed by atoms with van der Waals surface area (Å²) in [5.41, 5.74) is 9.46. The van der Waals surface area contributed by atoms with E-state index in [2.05, 4.69) is 16.0 Å². The van der Waals surface area contributed by atoms with Crippen LogP contribution in [-0.4, -0.2) is 36.4 Å². The molecule has 5 N–H and O–H groups in total. The van der Waals surface area contributed by atoms with Crippen LogP contribution in [0.2, 0.25) is 0 Å². The maximum atomic E-state index is 13.8. The second kappa shape index (κ2) is 16.5. The lowest BCUT2D eigenvalue weighted by Gasteiger charge is -2.26. The van der Waals surface area contributed by atoms with E-state index < -0.39 is 12.1 Å². The van der Waals surface area contributed by atoms with Crippen LogP contribution in [0.1, 0.15) is 61.3 Å². The normalized spacial score (nSPS) is 14.7. The Kier molecular flexibility index (Phi) is 12.2. The van der Waals surface area contributed by atoms with Crippen LogP contribution in [0.5, 0.6) is 5.75 Å². The Hall–Kier alpha value is -4.17. The van der Waals surface area contributed by atoms with Crippen molar-refractivity contribution in [3.05, 3.63) is 101 Å². The maximum absolute atomic E-state index is 13.8. The molecule has 3 amide bonds. The van der Waals surface area contributed by atoms with Gasteiger partial charge in [-0.3, -0.25) is 14.4 Å². The zero-order valence-electron chi connectivity index (χ0n) is 25.0. The van der Waals surface area contributed by atoms with Crippen LogP contribution in [0, 0.1) is 5.92 Å². The summed E-state index contributed by atoms with van der Waals surface area (Å²) in [6.07, 6.45) is 5.43. The highest BCUT2D eigenvalue weighted by Crippen LogP contribution is 2.24.